The normalized spacial score (nSPS) is 13.3. The Labute approximate surface area is 354 Å². The second-order valence-electron chi connectivity index (χ2n) is 17.1. The molecule has 0 spiro atoms. The van der Waals surface area contributed by atoms with E-state index in [1.165, 1.54) is 212 Å². The van der Waals surface area contributed by atoms with E-state index in [1.54, 1.807) is 0 Å². The first kappa shape index (κ1) is 56.5. The standard InChI is InChI=1S/C48H98NO7P/c1-3-5-7-9-11-13-15-17-18-19-20-21-22-23-24-25-26-27-28-29-31-33-35-37-39-41-48(50)56-47(46-55-57(51,52)54-44-42-49)45-53-43-40-38-36-34-32-30-16-14-12-10-8-6-4-2/h47H,3-46,49H2,1-2H3,(H,51,52). The van der Waals surface area contributed by atoms with E-state index in [-0.39, 0.29) is 32.3 Å². The van der Waals surface area contributed by atoms with Crippen molar-refractivity contribution in [1.82, 2.24) is 0 Å². The van der Waals surface area contributed by atoms with Crippen molar-refractivity contribution in [2.24, 2.45) is 5.73 Å². The van der Waals surface area contributed by atoms with Gasteiger partial charge >= 0.3 is 13.8 Å². The molecule has 0 aliphatic rings. The van der Waals surface area contributed by atoms with Gasteiger partial charge in [-0.15, -0.1) is 0 Å². The summed E-state index contributed by atoms with van der Waals surface area (Å²) >= 11 is 0. The topological polar surface area (TPSA) is 117 Å². The number of nitrogens with two attached hydrogens (primary N) is 1. The van der Waals surface area contributed by atoms with Crippen LogP contribution in [0.5, 0.6) is 0 Å². The average Bonchev–Trinajstić information content (AvgIpc) is 3.20. The Morgan fingerprint density at radius 3 is 1.11 bits per heavy atom. The molecule has 57 heavy (non-hydrogen) atoms. The Bertz CT molecular complexity index is 848. The van der Waals surface area contributed by atoms with Crippen LogP contribution in [0.4, 0.5) is 0 Å². The lowest BCUT2D eigenvalue weighted by molar-refractivity contribution is -0.154. The SMILES string of the molecule is CCCCCCCCCCCCCCCCCCCCCCCCCCCC(=O)OC(COCCCCCCCCCCCCCCC)COP(=O)(O)OCCN. The summed E-state index contributed by atoms with van der Waals surface area (Å²) in [5.74, 6) is -0.321. The minimum Gasteiger partial charge on any atom is -0.457 e. The fourth-order valence-corrected chi connectivity index (χ4v) is 8.35. The molecule has 0 saturated carbocycles. The molecule has 0 aromatic carbocycles. The first-order valence-electron chi connectivity index (χ1n) is 25.0. The van der Waals surface area contributed by atoms with Gasteiger partial charge < -0.3 is 20.1 Å². The summed E-state index contributed by atoms with van der Waals surface area (Å²) in [6.07, 6.45) is 50.0. The van der Waals surface area contributed by atoms with Gasteiger partial charge in [-0.2, -0.15) is 0 Å². The van der Waals surface area contributed by atoms with Gasteiger partial charge in [-0.1, -0.05) is 245 Å². The van der Waals surface area contributed by atoms with Crippen molar-refractivity contribution >= 4 is 13.8 Å². The molecule has 0 aliphatic carbocycles. The van der Waals surface area contributed by atoms with E-state index in [0.29, 0.717) is 13.0 Å². The summed E-state index contributed by atoms with van der Waals surface area (Å²) in [6, 6.07) is 0. The summed E-state index contributed by atoms with van der Waals surface area (Å²) in [7, 11) is -4.27. The number of phosphoric ester groups is 1. The van der Waals surface area contributed by atoms with Crippen LogP contribution in [-0.4, -0.2) is 49.9 Å². The molecule has 2 unspecified atom stereocenters. The van der Waals surface area contributed by atoms with Gasteiger partial charge in [-0.25, -0.2) is 4.57 Å². The molecule has 0 radical (unpaired) electrons. The maximum Gasteiger partial charge on any atom is 0.472 e. The monoisotopic (exact) mass is 832 g/mol. The van der Waals surface area contributed by atoms with Gasteiger partial charge in [0.2, 0.25) is 0 Å². The largest absolute Gasteiger partial charge is 0.472 e. The zero-order valence-corrected chi connectivity index (χ0v) is 39.0. The van der Waals surface area contributed by atoms with Gasteiger partial charge in [0.25, 0.3) is 0 Å². The number of hydrogen-bond donors (Lipinski definition) is 2. The highest BCUT2D eigenvalue weighted by Crippen LogP contribution is 2.43. The first-order chi connectivity index (χ1) is 27.9. The van der Waals surface area contributed by atoms with Crippen molar-refractivity contribution < 1.29 is 32.8 Å². The predicted octanol–water partition coefficient (Wildman–Crippen LogP) is 15.3. The molecule has 0 saturated heterocycles. The van der Waals surface area contributed by atoms with Gasteiger partial charge in [0, 0.05) is 19.6 Å². The summed E-state index contributed by atoms with van der Waals surface area (Å²) in [5, 5.41) is 0. The van der Waals surface area contributed by atoms with Crippen molar-refractivity contribution in [3.8, 4) is 0 Å². The van der Waals surface area contributed by atoms with Crippen LogP contribution in [-0.2, 0) is 27.9 Å². The number of esters is 1. The molecule has 0 amide bonds. The van der Waals surface area contributed by atoms with Gasteiger partial charge in [0.1, 0.15) is 6.10 Å². The molecule has 342 valence electrons. The Kier molecular flexibility index (Phi) is 46.2. The smallest absolute Gasteiger partial charge is 0.457 e. The average molecular weight is 832 g/mol. The molecular formula is C48H98NO7P. The van der Waals surface area contributed by atoms with Crippen LogP contribution in [0.3, 0.4) is 0 Å². The van der Waals surface area contributed by atoms with E-state index in [9.17, 15) is 14.3 Å². The van der Waals surface area contributed by atoms with Crippen LogP contribution in [0.25, 0.3) is 0 Å². The lowest BCUT2D eigenvalue weighted by Crippen LogP contribution is -2.28. The molecule has 3 N–H and O–H groups in total. The molecule has 0 aliphatic heterocycles. The van der Waals surface area contributed by atoms with Crippen molar-refractivity contribution in [2.75, 3.05) is 33.0 Å². The van der Waals surface area contributed by atoms with Gasteiger partial charge in [0.15, 0.2) is 0 Å². The lowest BCUT2D eigenvalue weighted by Gasteiger charge is -2.20. The van der Waals surface area contributed by atoms with Crippen molar-refractivity contribution in [2.45, 2.75) is 270 Å². The summed E-state index contributed by atoms with van der Waals surface area (Å²) in [5.41, 5.74) is 5.38. The third-order valence-electron chi connectivity index (χ3n) is 11.3. The van der Waals surface area contributed by atoms with Crippen molar-refractivity contribution in [3.63, 3.8) is 0 Å². The van der Waals surface area contributed by atoms with E-state index >= 15 is 0 Å². The Balaban J connectivity index is 3.82. The van der Waals surface area contributed by atoms with E-state index in [4.69, 9.17) is 24.3 Å². The minimum absolute atomic E-state index is 0.0899. The highest BCUT2D eigenvalue weighted by molar-refractivity contribution is 7.47. The number of carbonyl (C=O) groups excluding carboxylic acids is 1. The van der Waals surface area contributed by atoms with Crippen LogP contribution < -0.4 is 5.73 Å². The molecule has 0 bridgehead atoms. The van der Waals surface area contributed by atoms with Gasteiger partial charge in [-0.3, -0.25) is 13.8 Å². The van der Waals surface area contributed by atoms with Crippen molar-refractivity contribution in [3.05, 3.63) is 0 Å². The Morgan fingerprint density at radius 1 is 0.456 bits per heavy atom. The van der Waals surface area contributed by atoms with E-state index in [1.807, 2.05) is 0 Å². The Morgan fingerprint density at radius 2 is 0.772 bits per heavy atom. The highest BCUT2D eigenvalue weighted by Gasteiger charge is 2.25. The quantitative estimate of drug-likeness (QED) is 0.0354. The number of ether oxygens (including phenoxy) is 2. The molecule has 0 aromatic rings. The zero-order valence-electron chi connectivity index (χ0n) is 38.1. The third kappa shape index (κ3) is 46.4. The molecule has 8 nitrogen and oxygen atoms in total. The highest BCUT2D eigenvalue weighted by atomic mass is 31.2. The molecular weight excluding hydrogens is 734 g/mol. The van der Waals surface area contributed by atoms with Gasteiger partial charge in [0.05, 0.1) is 19.8 Å². The maximum atomic E-state index is 12.6. The molecule has 0 rings (SSSR count). The molecule has 0 aromatic heterocycles. The van der Waals surface area contributed by atoms with E-state index in [2.05, 4.69) is 13.8 Å². The summed E-state index contributed by atoms with van der Waals surface area (Å²) in [6.45, 7) is 5.00. The predicted molar refractivity (Wildman–Crippen MR) is 243 cm³/mol. The molecule has 9 heteroatoms. The summed E-state index contributed by atoms with van der Waals surface area (Å²) < 4.78 is 33.5. The second-order valence-corrected chi connectivity index (χ2v) is 18.5. The van der Waals surface area contributed by atoms with Crippen molar-refractivity contribution in [1.29, 1.82) is 0 Å². The minimum atomic E-state index is -4.27. The number of phosphoric acid groups is 1. The second kappa shape index (κ2) is 46.6. The number of hydrogen-bond acceptors (Lipinski definition) is 7. The van der Waals surface area contributed by atoms with Crippen LogP contribution >= 0.6 is 7.82 Å². The Hall–Kier alpha value is -0.500. The molecule has 0 fully saturated rings. The number of unbranched alkanes of at least 4 members (excludes halogenated alkanes) is 36. The van der Waals surface area contributed by atoms with Crippen LogP contribution in [0.1, 0.15) is 264 Å². The number of rotatable bonds is 49. The number of carbonyl (C=O) groups is 1. The fourth-order valence-electron chi connectivity index (χ4n) is 7.59. The molecule has 0 heterocycles. The fraction of sp³-hybridized carbons (Fsp3) is 0.979. The first-order valence-corrected chi connectivity index (χ1v) is 26.5. The van der Waals surface area contributed by atoms with Crippen LogP contribution in [0.15, 0.2) is 0 Å². The molecule has 2 atom stereocenters. The van der Waals surface area contributed by atoms with Crippen LogP contribution in [0, 0.1) is 0 Å². The third-order valence-corrected chi connectivity index (χ3v) is 12.3. The van der Waals surface area contributed by atoms with E-state index < -0.39 is 13.9 Å². The zero-order chi connectivity index (χ0) is 41.6. The maximum absolute atomic E-state index is 12.6. The van der Waals surface area contributed by atoms with Gasteiger partial charge in [-0.05, 0) is 12.8 Å². The lowest BCUT2D eigenvalue weighted by atomic mass is 10.0. The van der Waals surface area contributed by atoms with Crippen LogP contribution in [0.2, 0.25) is 0 Å². The summed E-state index contributed by atoms with van der Waals surface area (Å²) in [4.78, 5) is 22.5. The van der Waals surface area contributed by atoms with E-state index in [0.717, 1.165) is 32.1 Å².